The second-order valence-electron chi connectivity index (χ2n) is 5.31. The number of halogens is 3. The van der Waals surface area contributed by atoms with Crippen LogP contribution in [-0.2, 0) is 17.1 Å². The van der Waals surface area contributed by atoms with E-state index in [1.807, 2.05) is 7.05 Å². The van der Waals surface area contributed by atoms with Gasteiger partial charge in [0.15, 0.2) is 0 Å². The zero-order chi connectivity index (χ0) is 16.6. The Hall–Kier alpha value is -1.19. The van der Waals surface area contributed by atoms with Crippen LogP contribution in [0.3, 0.4) is 0 Å². The molecule has 132 valence electrons. The van der Waals surface area contributed by atoms with Gasteiger partial charge < -0.3 is 9.88 Å². The van der Waals surface area contributed by atoms with Gasteiger partial charge in [-0.05, 0) is 18.2 Å². The number of nitrogens with zero attached hydrogens (tertiary/aromatic N) is 3. The highest BCUT2D eigenvalue weighted by molar-refractivity contribution is 7.89. The van der Waals surface area contributed by atoms with Gasteiger partial charge in [0.25, 0.3) is 0 Å². The van der Waals surface area contributed by atoms with Crippen LogP contribution in [0.5, 0.6) is 0 Å². The fourth-order valence-corrected chi connectivity index (χ4v) is 4.80. The molecular formula is C14H17Cl2FN4O2S. The van der Waals surface area contributed by atoms with Crippen molar-refractivity contribution in [1.82, 2.24) is 19.2 Å². The van der Waals surface area contributed by atoms with E-state index in [-0.39, 0.29) is 28.9 Å². The zero-order valence-corrected chi connectivity index (χ0v) is 15.2. The van der Waals surface area contributed by atoms with Crippen molar-refractivity contribution in [3.05, 3.63) is 47.3 Å². The topological polar surface area (TPSA) is 67.2 Å². The minimum absolute atomic E-state index is 0. The predicted octanol–water partition coefficient (Wildman–Crippen LogP) is 1.97. The fraction of sp³-hybridized carbons (Fsp3) is 0.357. The lowest BCUT2D eigenvalue weighted by Gasteiger charge is -2.34. The van der Waals surface area contributed by atoms with Crippen LogP contribution in [0.2, 0.25) is 5.02 Å². The zero-order valence-electron chi connectivity index (χ0n) is 12.8. The summed E-state index contributed by atoms with van der Waals surface area (Å²) in [6, 6.07) is 2.85. The van der Waals surface area contributed by atoms with Crippen LogP contribution in [0.25, 0.3) is 0 Å². The Morgan fingerprint density at radius 2 is 2.17 bits per heavy atom. The normalized spacial score (nSPS) is 19.0. The molecule has 1 unspecified atom stereocenters. The average Bonchev–Trinajstić information content (AvgIpc) is 2.93. The van der Waals surface area contributed by atoms with Crippen molar-refractivity contribution in [2.24, 2.45) is 7.05 Å². The van der Waals surface area contributed by atoms with Crippen LogP contribution in [0.15, 0.2) is 35.5 Å². The number of aromatic nitrogens is 2. The quantitative estimate of drug-likeness (QED) is 0.863. The second kappa shape index (κ2) is 7.37. The smallest absolute Gasteiger partial charge is 0.245 e. The minimum Gasteiger partial charge on any atom is -0.337 e. The SMILES string of the molecule is Cl.Cn1ccnc1C1CNCCN1S(=O)(=O)c1ccc(F)cc1Cl. The third kappa shape index (κ3) is 3.43. The molecular weight excluding hydrogens is 378 g/mol. The van der Waals surface area contributed by atoms with E-state index in [2.05, 4.69) is 10.3 Å². The number of nitrogens with one attached hydrogen (secondary N) is 1. The summed E-state index contributed by atoms with van der Waals surface area (Å²) in [5, 5.41) is 3.05. The largest absolute Gasteiger partial charge is 0.337 e. The molecule has 24 heavy (non-hydrogen) atoms. The molecule has 0 spiro atoms. The van der Waals surface area contributed by atoms with Gasteiger partial charge in [0.2, 0.25) is 10.0 Å². The van der Waals surface area contributed by atoms with Gasteiger partial charge in [0, 0.05) is 39.1 Å². The van der Waals surface area contributed by atoms with Gasteiger partial charge in [0.1, 0.15) is 16.5 Å². The highest BCUT2D eigenvalue weighted by Crippen LogP contribution is 2.31. The number of hydrogen-bond acceptors (Lipinski definition) is 4. The second-order valence-corrected chi connectivity index (χ2v) is 7.57. The fourth-order valence-electron chi connectivity index (χ4n) is 2.70. The van der Waals surface area contributed by atoms with E-state index in [0.29, 0.717) is 18.9 Å². The molecule has 0 amide bonds. The first-order valence-electron chi connectivity index (χ1n) is 7.06. The summed E-state index contributed by atoms with van der Waals surface area (Å²) in [4.78, 5) is 4.16. The van der Waals surface area contributed by atoms with Crippen molar-refractivity contribution in [3.63, 3.8) is 0 Å². The highest BCUT2D eigenvalue weighted by Gasteiger charge is 2.37. The van der Waals surface area contributed by atoms with E-state index in [0.717, 1.165) is 12.1 Å². The van der Waals surface area contributed by atoms with Gasteiger partial charge in [-0.2, -0.15) is 4.31 Å². The number of sulfonamides is 1. The summed E-state index contributed by atoms with van der Waals surface area (Å²) in [7, 11) is -2.05. The van der Waals surface area contributed by atoms with Crippen molar-refractivity contribution in [3.8, 4) is 0 Å². The molecule has 1 atom stereocenters. The van der Waals surface area contributed by atoms with Crippen molar-refractivity contribution in [2.75, 3.05) is 19.6 Å². The highest BCUT2D eigenvalue weighted by atomic mass is 35.5. The summed E-state index contributed by atoms with van der Waals surface area (Å²) in [6.07, 6.45) is 3.39. The standard InChI is InChI=1S/C14H16ClFN4O2S.ClH/c1-19-6-5-18-14(19)12-9-17-4-7-20(12)23(21,22)13-3-2-10(16)8-11(13)15;/h2-3,5-6,8,12,17H,4,7,9H2,1H3;1H. The first kappa shape index (κ1) is 19.1. The summed E-state index contributed by atoms with van der Waals surface area (Å²) < 4.78 is 42.3. The first-order valence-corrected chi connectivity index (χ1v) is 8.88. The lowest BCUT2D eigenvalue weighted by atomic mass is 10.2. The third-order valence-electron chi connectivity index (χ3n) is 3.83. The van der Waals surface area contributed by atoms with Crippen molar-refractivity contribution >= 4 is 34.0 Å². The Bertz CT molecular complexity index is 828. The molecule has 2 heterocycles. The van der Waals surface area contributed by atoms with Crippen LogP contribution < -0.4 is 5.32 Å². The maximum absolute atomic E-state index is 13.2. The van der Waals surface area contributed by atoms with E-state index >= 15 is 0 Å². The van der Waals surface area contributed by atoms with Crippen molar-refractivity contribution in [2.45, 2.75) is 10.9 Å². The Balaban J connectivity index is 0.00000208. The van der Waals surface area contributed by atoms with E-state index in [1.54, 1.807) is 17.0 Å². The lowest BCUT2D eigenvalue weighted by Crippen LogP contribution is -2.49. The maximum atomic E-state index is 13.2. The summed E-state index contributed by atoms with van der Waals surface area (Å²) in [6.45, 7) is 1.26. The minimum atomic E-state index is -3.86. The van der Waals surface area contributed by atoms with E-state index in [9.17, 15) is 12.8 Å². The Kier molecular flexibility index (Phi) is 5.87. The average molecular weight is 395 g/mol. The molecule has 0 radical (unpaired) electrons. The Morgan fingerprint density at radius 1 is 1.42 bits per heavy atom. The number of benzene rings is 1. The molecule has 2 aromatic rings. The molecule has 1 N–H and O–H groups in total. The van der Waals surface area contributed by atoms with Crippen LogP contribution in [-0.4, -0.2) is 41.9 Å². The van der Waals surface area contributed by atoms with Crippen LogP contribution in [0, 0.1) is 5.82 Å². The molecule has 0 bridgehead atoms. The molecule has 1 aromatic carbocycles. The van der Waals surface area contributed by atoms with Gasteiger partial charge in [-0.1, -0.05) is 11.6 Å². The van der Waals surface area contributed by atoms with Crippen LogP contribution in [0.4, 0.5) is 4.39 Å². The molecule has 1 fully saturated rings. The summed E-state index contributed by atoms with van der Waals surface area (Å²) in [5.41, 5.74) is 0. The van der Waals surface area contributed by atoms with Crippen molar-refractivity contribution < 1.29 is 12.8 Å². The monoisotopic (exact) mass is 394 g/mol. The molecule has 1 aliphatic heterocycles. The Labute approximate surface area is 151 Å². The predicted molar refractivity (Wildman–Crippen MR) is 91.4 cm³/mol. The molecule has 6 nitrogen and oxygen atoms in total. The van der Waals surface area contributed by atoms with Crippen LogP contribution in [0.1, 0.15) is 11.9 Å². The van der Waals surface area contributed by atoms with Gasteiger partial charge in [-0.15, -0.1) is 12.4 Å². The number of piperazine rings is 1. The third-order valence-corrected chi connectivity index (χ3v) is 6.22. The molecule has 3 rings (SSSR count). The van der Waals surface area contributed by atoms with E-state index in [4.69, 9.17) is 11.6 Å². The molecule has 1 aliphatic rings. The van der Waals surface area contributed by atoms with Crippen LogP contribution >= 0.6 is 24.0 Å². The van der Waals surface area contributed by atoms with Gasteiger partial charge in [0.05, 0.1) is 11.1 Å². The first-order chi connectivity index (χ1) is 10.9. The van der Waals surface area contributed by atoms with Gasteiger partial charge in [-0.25, -0.2) is 17.8 Å². The van der Waals surface area contributed by atoms with Crippen molar-refractivity contribution in [1.29, 1.82) is 0 Å². The number of hydrogen-bond donors (Lipinski definition) is 1. The van der Waals surface area contributed by atoms with E-state index in [1.165, 1.54) is 10.4 Å². The maximum Gasteiger partial charge on any atom is 0.245 e. The number of imidazole rings is 1. The Morgan fingerprint density at radius 3 is 2.79 bits per heavy atom. The molecule has 0 aliphatic carbocycles. The summed E-state index contributed by atoms with van der Waals surface area (Å²) in [5.74, 6) is 0.0638. The van der Waals surface area contributed by atoms with Gasteiger partial charge >= 0.3 is 0 Å². The number of rotatable bonds is 3. The number of aryl methyl sites for hydroxylation is 1. The lowest BCUT2D eigenvalue weighted by molar-refractivity contribution is 0.258. The molecule has 1 aromatic heterocycles. The molecule has 0 saturated carbocycles. The molecule has 1 saturated heterocycles. The van der Waals surface area contributed by atoms with E-state index < -0.39 is 21.9 Å². The molecule has 10 heteroatoms. The van der Waals surface area contributed by atoms with Gasteiger partial charge in [-0.3, -0.25) is 0 Å². The summed E-state index contributed by atoms with van der Waals surface area (Å²) >= 11 is 5.95.